The van der Waals surface area contributed by atoms with Crippen molar-refractivity contribution in [3.63, 3.8) is 0 Å². The van der Waals surface area contributed by atoms with Gasteiger partial charge in [0.2, 0.25) is 11.1 Å². The van der Waals surface area contributed by atoms with Crippen LogP contribution < -0.4 is 5.32 Å². The third-order valence-corrected chi connectivity index (χ3v) is 6.60. The molecule has 2 aromatic heterocycles. The van der Waals surface area contributed by atoms with Gasteiger partial charge in [-0.25, -0.2) is 9.48 Å². The van der Waals surface area contributed by atoms with Crippen molar-refractivity contribution in [1.82, 2.24) is 20.2 Å². The Kier molecular flexibility index (Phi) is 6.35. The first-order valence-corrected chi connectivity index (χ1v) is 11.5. The van der Waals surface area contributed by atoms with Crippen LogP contribution in [-0.2, 0) is 9.53 Å². The third kappa shape index (κ3) is 4.50. The number of tetrazole rings is 1. The third-order valence-electron chi connectivity index (χ3n) is 4.35. The largest absolute Gasteiger partial charge is 0.462 e. The molecule has 11 heteroatoms. The van der Waals surface area contributed by atoms with E-state index in [9.17, 15) is 9.59 Å². The molecule has 1 aliphatic carbocycles. The Bertz CT molecular complexity index is 1070. The van der Waals surface area contributed by atoms with Gasteiger partial charge in [-0.15, -0.1) is 16.4 Å². The number of esters is 1. The summed E-state index contributed by atoms with van der Waals surface area (Å²) in [5, 5.41) is 15.4. The fourth-order valence-corrected chi connectivity index (χ4v) is 5.01. The van der Waals surface area contributed by atoms with E-state index in [2.05, 4.69) is 20.8 Å². The lowest BCUT2D eigenvalue weighted by molar-refractivity contribution is -0.113. The Hall–Kier alpha value is -2.43. The van der Waals surface area contributed by atoms with E-state index >= 15 is 0 Å². The van der Waals surface area contributed by atoms with Crippen molar-refractivity contribution >= 4 is 51.6 Å². The molecule has 0 saturated heterocycles. The average Bonchev–Trinajstić information content (AvgIpc) is 3.38. The molecule has 2 heterocycles. The highest BCUT2D eigenvalue weighted by Crippen LogP contribution is 2.44. The Morgan fingerprint density at radius 2 is 2.10 bits per heavy atom. The van der Waals surface area contributed by atoms with Gasteiger partial charge in [0.1, 0.15) is 14.9 Å². The molecule has 1 amide bonds. The first-order chi connectivity index (χ1) is 14.6. The molecule has 1 aromatic carbocycles. The molecule has 8 nitrogen and oxygen atoms in total. The number of halogens is 1. The van der Waals surface area contributed by atoms with Gasteiger partial charge in [0.25, 0.3) is 0 Å². The van der Waals surface area contributed by atoms with Gasteiger partial charge in [0.05, 0.1) is 18.4 Å². The van der Waals surface area contributed by atoms with Crippen molar-refractivity contribution in [2.75, 3.05) is 17.7 Å². The highest BCUT2D eigenvalue weighted by atomic mass is 35.5. The van der Waals surface area contributed by atoms with Gasteiger partial charge < -0.3 is 10.1 Å². The topological polar surface area (TPSA) is 99.0 Å². The number of aromatic nitrogens is 4. The van der Waals surface area contributed by atoms with E-state index in [-0.39, 0.29) is 23.8 Å². The fraction of sp³-hybridized carbons (Fsp3) is 0.316. The number of carbonyl (C=O) groups excluding carboxylic acids is 2. The van der Waals surface area contributed by atoms with Gasteiger partial charge in [0, 0.05) is 5.56 Å². The summed E-state index contributed by atoms with van der Waals surface area (Å²) in [7, 11) is 0. The lowest BCUT2D eigenvalue weighted by Crippen LogP contribution is -2.17. The maximum atomic E-state index is 12.7. The monoisotopic (exact) mass is 463 g/mol. The number of benzene rings is 1. The van der Waals surface area contributed by atoms with E-state index in [4.69, 9.17) is 16.3 Å². The van der Waals surface area contributed by atoms with Crippen LogP contribution in [0.15, 0.2) is 35.5 Å². The molecule has 0 radical (unpaired) electrons. The molecule has 1 aliphatic rings. The second-order valence-corrected chi connectivity index (χ2v) is 9.08. The van der Waals surface area contributed by atoms with Crippen LogP contribution in [0.4, 0.5) is 5.00 Å². The number of carbonyl (C=O) groups is 2. The summed E-state index contributed by atoms with van der Waals surface area (Å²) in [5.41, 5.74) is 1.60. The Balaban J connectivity index is 1.54. The number of nitrogens with one attached hydrogen (secondary N) is 1. The number of anilines is 1. The minimum absolute atomic E-state index is 0.103. The molecule has 1 saturated carbocycles. The number of hydrogen-bond donors (Lipinski definition) is 1. The lowest BCUT2D eigenvalue weighted by Gasteiger charge is -2.09. The molecule has 3 aromatic rings. The van der Waals surface area contributed by atoms with E-state index < -0.39 is 5.97 Å². The maximum absolute atomic E-state index is 12.7. The first-order valence-electron chi connectivity index (χ1n) is 9.33. The second kappa shape index (κ2) is 9.15. The van der Waals surface area contributed by atoms with Crippen LogP contribution in [0.5, 0.6) is 0 Å². The molecule has 0 spiro atoms. The average molecular weight is 464 g/mol. The Morgan fingerprint density at radius 1 is 1.33 bits per heavy atom. The van der Waals surface area contributed by atoms with Gasteiger partial charge in [-0.2, -0.15) is 0 Å². The van der Waals surface area contributed by atoms with Crippen molar-refractivity contribution in [1.29, 1.82) is 0 Å². The van der Waals surface area contributed by atoms with Gasteiger partial charge in [0.15, 0.2) is 0 Å². The van der Waals surface area contributed by atoms with Crippen molar-refractivity contribution in [3.8, 4) is 11.1 Å². The SMILES string of the molecule is CCOC(=O)c1c(NC(=O)CSc2nnnn2C2CC2)sc(Cl)c1-c1ccccc1. The molecule has 4 rings (SSSR count). The number of nitrogens with zero attached hydrogens (tertiary/aromatic N) is 4. The van der Waals surface area contributed by atoms with Crippen LogP contribution in [-0.4, -0.2) is 44.4 Å². The molecule has 0 bridgehead atoms. The summed E-state index contributed by atoms with van der Waals surface area (Å²) in [6.45, 7) is 1.95. The normalized spacial score (nSPS) is 13.3. The number of rotatable bonds is 8. The number of hydrogen-bond acceptors (Lipinski definition) is 8. The van der Waals surface area contributed by atoms with Crippen molar-refractivity contribution < 1.29 is 14.3 Å². The standard InChI is InChI=1S/C19H18ClN5O3S2/c1-2-28-18(27)15-14(11-6-4-3-5-7-11)16(20)30-17(15)21-13(26)10-29-19-22-23-24-25(19)12-8-9-12/h3-7,12H,2,8-10H2,1H3,(H,21,26). The summed E-state index contributed by atoms with van der Waals surface area (Å²) < 4.78 is 7.37. The number of amides is 1. The summed E-state index contributed by atoms with van der Waals surface area (Å²) in [4.78, 5) is 25.3. The molecule has 0 aliphatic heterocycles. The van der Waals surface area contributed by atoms with Crippen molar-refractivity contribution in [2.24, 2.45) is 0 Å². The van der Waals surface area contributed by atoms with E-state index in [0.717, 1.165) is 29.7 Å². The quantitative estimate of drug-likeness (QED) is 0.392. The van der Waals surface area contributed by atoms with E-state index in [1.165, 1.54) is 11.8 Å². The van der Waals surface area contributed by atoms with Gasteiger partial charge in [-0.3, -0.25) is 4.79 Å². The van der Waals surface area contributed by atoms with Gasteiger partial charge in [-0.05, 0) is 35.8 Å². The molecule has 0 unspecified atom stereocenters. The molecular weight excluding hydrogens is 446 g/mol. The minimum Gasteiger partial charge on any atom is -0.462 e. The second-order valence-electron chi connectivity index (χ2n) is 6.52. The van der Waals surface area contributed by atoms with Crippen LogP contribution in [0.25, 0.3) is 11.1 Å². The Labute approximate surface area is 185 Å². The van der Waals surface area contributed by atoms with Crippen molar-refractivity contribution in [2.45, 2.75) is 31.0 Å². The lowest BCUT2D eigenvalue weighted by atomic mass is 10.0. The minimum atomic E-state index is -0.528. The molecule has 1 fully saturated rings. The van der Waals surface area contributed by atoms with Crippen LogP contribution >= 0.6 is 34.7 Å². The maximum Gasteiger partial charge on any atom is 0.341 e. The van der Waals surface area contributed by atoms with Gasteiger partial charge in [-0.1, -0.05) is 53.7 Å². The highest BCUT2D eigenvalue weighted by molar-refractivity contribution is 7.99. The molecule has 30 heavy (non-hydrogen) atoms. The number of thiophene rings is 1. The summed E-state index contributed by atoms with van der Waals surface area (Å²) in [5.74, 6) is -0.709. The predicted molar refractivity (Wildman–Crippen MR) is 116 cm³/mol. The van der Waals surface area contributed by atoms with Crippen LogP contribution in [0.3, 0.4) is 0 Å². The van der Waals surface area contributed by atoms with Crippen LogP contribution in [0.2, 0.25) is 4.34 Å². The molecule has 156 valence electrons. The Morgan fingerprint density at radius 3 is 2.80 bits per heavy atom. The van der Waals surface area contributed by atoms with Gasteiger partial charge >= 0.3 is 5.97 Å². The first kappa shape index (κ1) is 20.8. The molecule has 1 N–H and O–H groups in total. The van der Waals surface area contributed by atoms with E-state index in [0.29, 0.717) is 26.1 Å². The number of thioether (sulfide) groups is 1. The predicted octanol–water partition coefficient (Wildman–Crippen LogP) is 4.30. The van der Waals surface area contributed by atoms with Crippen molar-refractivity contribution in [3.05, 3.63) is 40.2 Å². The van der Waals surface area contributed by atoms with Crippen LogP contribution in [0, 0.1) is 0 Å². The summed E-state index contributed by atoms with van der Waals surface area (Å²) >= 11 is 8.85. The van der Waals surface area contributed by atoms with E-state index in [1.807, 2.05) is 30.3 Å². The zero-order chi connectivity index (χ0) is 21.1. The zero-order valence-corrected chi connectivity index (χ0v) is 18.4. The zero-order valence-electron chi connectivity index (χ0n) is 16.0. The summed E-state index contributed by atoms with van der Waals surface area (Å²) in [6.07, 6.45) is 2.09. The molecular formula is C19H18ClN5O3S2. The molecule has 0 atom stereocenters. The summed E-state index contributed by atoms with van der Waals surface area (Å²) in [6, 6.07) is 9.63. The fourth-order valence-electron chi connectivity index (χ4n) is 2.87. The van der Waals surface area contributed by atoms with E-state index in [1.54, 1.807) is 11.6 Å². The van der Waals surface area contributed by atoms with Crippen LogP contribution in [0.1, 0.15) is 36.2 Å². The highest BCUT2D eigenvalue weighted by Gasteiger charge is 2.29. The smallest absolute Gasteiger partial charge is 0.341 e. The number of ether oxygens (including phenoxy) is 1.